The molecule has 0 saturated heterocycles. The van der Waals surface area contributed by atoms with Crippen molar-refractivity contribution in [1.29, 1.82) is 0 Å². The minimum atomic E-state index is -3.82. The molecule has 16 heavy (non-hydrogen) atoms. The maximum Gasteiger partial charge on any atom is 0.338 e. The van der Waals surface area contributed by atoms with Crippen LogP contribution < -0.4 is 5.14 Å². The van der Waals surface area contributed by atoms with Gasteiger partial charge in [-0.15, -0.1) is 0 Å². The fourth-order valence-electron chi connectivity index (χ4n) is 1.47. The second-order valence-electron chi connectivity index (χ2n) is 3.47. The van der Waals surface area contributed by atoms with Gasteiger partial charge in [0.25, 0.3) is 0 Å². The summed E-state index contributed by atoms with van der Waals surface area (Å²) >= 11 is 0. The number of hydrogen-bond acceptors (Lipinski definition) is 4. The second kappa shape index (κ2) is 4.23. The van der Waals surface area contributed by atoms with Gasteiger partial charge in [0.15, 0.2) is 0 Å². The lowest BCUT2D eigenvalue weighted by Gasteiger charge is -2.09. The standard InChI is InChI=1S/C10H13NO4S/c1-6-4-7(2)9(16(11,13)14)5-8(6)10(12)15-3/h4-5H,1-3H3,(H2,11,13,14). The monoisotopic (exact) mass is 243 g/mol. The molecule has 0 spiro atoms. The molecule has 0 atom stereocenters. The molecule has 0 saturated carbocycles. The molecule has 0 aliphatic carbocycles. The van der Waals surface area contributed by atoms with Crippen molar-refractivity contribution in [3.8, 4) is 0 Å². The lowest BCUT2D eigenvalue weighted by Crippen LogP contribution is -2.15. The maximum absolute atomic E-state index is 11.4. The summed E-state index contributed by atoms with van der Waals surface area (Å²) in [6, 6.07) is 2.83. The Morgan fingerprint density at radius 1 is 1.25 bits per heavy atom. The first kappa shape index (κ1) is 12.7. The highest BCUT2D eigenvalue weighted by Gasteiger charge is 2.17. The molecule has 0 fully saturated rings. The van der Waals surface area contributed by atoms with Gasteiger partial charge < -0.3 is 4.74 Å². The van der Waals surface area contributed by atoms with Gasteiger partial charge in [0, 0.05) is 0 Å². The van der Waals surface area contributed by atoms with Crippen LogP contribution in [0.25, 0.3) is 0 Å². The van der Waals surface area contributed by atoms with Crippen molar-refractivity contribution in [2.45, 2.75) is 18.7 Å². The van der Waals surface area contributed by atoms with Crippen molar-refractivity contribution in [2.24, 2.45) is 5.14 Å². The smallest absolute Gasteiger partial charge is 0.338 e. The van der Waals surface area contributed by atoms with Gasteiger partial charge in [-0.05, 0) is 31.0 Å². The fourth-order valence-corrected chi connectivity index (χ4v) is 2.26. The minimum absolute atomic E-state index is 0.0569. The number of hydrogen-bond donors (Lipinski definition) is 1. The molecule has 0 aromatic heterocycles. The van der Waals surface area contributed by atoms with Crippen LogP contribution in [0.4, 0.5) is 0 Å². The third kappa shape index (κ3) is 2.40. The van der Waals surface area contributed by atoms with E-state index in [4.69, 9.17) is 5.14 Å². The van der Waals surface area contributed by atoms with E-state index < -0.39 is 16.0 Å². The van der Waals surface area contributed by atoms with Gasteiger partial charge in [-0.2, -0.15) is 0 Å². The zero-order valence-corrected chi connectivity index (χ0v) is 10.1. The van der Waals surface area contributed by atoms with E-state index in [1.165, 1.54) is 13.2 Å². The summed E-state index contributed by atoms with van der Waals surface area (Å²) < 4.78 is 27.1. The van der Waals surface area contributed by atoms with Gasteiger partial charge in [-0.1, -0.05) is 6.07 Å². The molecule has 1 aromatic carbocycles. The quantitative estimate of drug-likeness (QED) is 0.776. The van der Waals surface area contributed by atoms with Crippen LogP contribution in [0, 0.1) is 13.8 Å². The van der Waals surface area contributed by atoms with Crippen molar-refractivity contribution >= 4 is 16.0 Å². The van der Waals surface area contributed by atoms with E-state index in [1.54, 1.807) is 19.9 Å². The number of rotatable bonds is 2. The maximum atomic E-state index is 11.4. The van der Waals surface area contributed by atoms with Crippen molar-refractivity contribution in [1.82, 2.24) is 0 Å². The van der Waals surface area contributed by atoms with Gasteiger partial charge in [0.1, 0.15) is 0 Å². The molecule has 0 unspecified atom stereocenters. The van der Waals surface area contributed by atoms with Crippen LogP contribution in [-0.2, 0) is 14.8 Å². The minimum Gasteiger partial charge on any atom is -0.465 e. The average molecular weight is 243 g/mol. The average Bonchev–Trinajstić information content (AvgIpc) is 2.14. The van der Waals surface area contributed by atoms with Crippen LogP contribution in [0.3, 0.4) is 0 Å². The first-order valence-electron chi connectivity index (χ1n) is 4.49. The van der Waals surface area contributed by atoms with Crippen molar-refractivity contribution in [3.05, 3.63) is 28.8 Å². The number of nitrogens with two attached hydrogens (primary N) is 1. The lowest BCUT2D eigenvalue weighted by molar-refractivity contribution is 0.0599. The van der Waals surface area contributed by atoms with Crippen LogP contribution in [-0.4, -0.2) is 21.5 Å². The Morgan fingerprint density at radius 2 is 1.81 bits per heavy atom. The molecule has 2 N–H and O–H groups in total. The largest absolute Gasteiger partial charge is 0.465 e. The Hall–Kier alpha value is -1.40. The van der Waals surface area contributed by atoms with E-state index in [1.807, 2.05) is 0 Å². The summed E-state index contributed by atoms with van der Waals surface area (Å²) in [6.45, 7) is 3.32. The summed E-state index contributed by atoms with van der Waals surface area (Å²) in [5.41, 5.74) is 1.36. The number of carbonyl (C=O) groups excluding carboxylic acids is 1. The van der Waals surface area contributed by atoms with Crippen LogP contribution in [0.5, 0.6) is 0 Å². The highest BCUT2D eigenvalue weighted by molar-refractivity contribution is 7.89. The molecule has 5 nitrogen and oxygen atoms in total. The fraction of sp³-hybridized carbons (Fsp3) is 0.300. The predicted molar refractivity (Wildman–Crippen MR) is 58.6 cm³/mol. The van der Waals surface area contributed by atoms with Crippen LogP contribution in [0.1, 0.15) is 21.5 Å². The summed E-state index contributed by atoms with van der Waals surface area (Å²) in [5, 5.41) is 5.04. The molecule has 0 aliphatic heterocycles. The van der Waals surface area contributed by atoms with Crippen molar-refractivity contribution < 1.29 is 17.9 Å². The van der Waals surface area contributed by atoms with Crippen molar-refractivity contribution in [3.63, 3.8) is 0 Å². The van der Waals surface area contributed by atoms with E-state index in [0.717, 1.165) is 0 Å². The van der Waals surface area contributed by atoms with Gasteiger partial charge in [-0.3, -0.25) is 0 Å². The Bertz CT molecular complexity index is 534. The Morgan fingerprint density at radius 3 is 2.25 bits per heavy atom. The third-order valence-electron chi connectivity index (χ3n) is 2.23. The second-order valence-corrected chi connectivity index (χ2v) is 5.00. The number of esters is 1. The van der Waals surface area contributed by atoms with E-state index >= 15 is 0 Å². The molecule has 0 heterocycles. The van der Waals surface area contributed by atoms with E-state index in [2.05, 4.69) is 4.74 Å². The van der Waals surface area contributed by atoms with Crippen LogP contribution >= 0.6 is 0 Å². The van der Waals surface area contributed by atoms with Gasteiger partial charge >= 0.3 is 5.97 Å². The molecule has 0 bridgehead atoms. The highest BCUT2D eigenvalue weighted by Crippen LogP contribution is 2.20. The molecule has 1 aromatic rings. The lowest BCUT2D eigenvalue weighted by atomic mass is 10.1. The van der Waals surface area contributed by atoms with E-state index in [0.29, 0.717) is 11.1 Å². The summed E-state index contributed by atoms with van der Waals surface area (Å²) in [5.74, 6) is -0.581. The Kier molecular flexibility index (Phi) is 3.35. The topological polar surface area (TPSA) is 86.5 Å². The number of benzene rings is 1. The molecule has 0 radical (unpaired) electrons. The van der Waals surface area contributed by atoms with E-state index in [-0.39, 0.29) is 10.5 Å². The molecule has 0 aliphatic rings. The zero-order chi connectivity index (χ0) is 12.5. The van der Waals surface area contributed by atoms with Gasteiger partial charge in [0.2, 0.25) is 10.0 Å². The summed E-state index contributed by atoms with van der Waals surface area (Å²) in [7, 11) is -2.59. The van der Waals surface area contributed by atoms with Gasteiger partial charge in [0.05, 0.1) is 17.6 Å². The molecular formula is C10H13NO4S. The van der Waals surface area contributed by atoms with Gasteiger partial charge in [-0.25, -0.2) is 18.4 Å². The van der Waals surface area contributed by atoms with Crippen LogP contribution in [0.15, 0.2) is 17.0 Å². The number of methoxy groups -OCH3 is 1. The first-order chi connectivity index (χ1) is 7.27. The van der Waals surface area contributed by atoms with Crippen LogP contribution in [0.2, 0.25) is 0 Å². The first-order valence-corrected chi connectivity index (χ1v) is 6.04. The Balaban J connectivity index is 3.51. The SMILES string of the molecule is COC(=O)c1cc(S(N)(=O)=O)c(C)cc1C. The molecule has 1 rings (SSSR count). The molecule has 6 heteroatoms. The third-order valence-corrected chi connectivity index (χ3v) is 3.29. The number of aryl methyl sites for hydroxylation is 2. The van der Waals surface area contributed by atoms with E-state index in [9.17, 15) is 13.2 Å². The van der Waals surface area contributed by atoms with Crippen molar-refractivity contribution in [2.75, 3.05) is 7.11 Å². The Labute approximate surface area is 94.3 Å². The number of primary sulfonamides is 1. The summed E-state index contributed by atoms with van der Waals surface area (Å²) in [6.07, 6.45) is 0. The number of ether oxygens (including phenoxy) is 1. The summed E-state index contributed by atoms with van der Waals surface area (Å²) in [4.78, 5) is 11.3. The number of carbonyl (C=O) groups is 1. The number of sulfonamides is 1. The normalized spacial score (nSPS) is 11.2. The molecular weight excluding hydrogens is 230 g/mol. The zero-order valence-electron chi connectivity index (χ0n) is 9.27. The predicted octanol–water partition coefficient (Wildman–Crippen LogP) is 0.737. The molecule has 0 amide bonds. The highest BCUT2D eigenvalue weighted by atomic mass is 32.2. The molecule has 88 valence electrons.